The van der Waals surface area contributed by atoms with Crippen molar-refractivity contribution in [3.8, 4) is 0 Å². The van der Waals surface area contributed by atoms with Gasteiger partial charge in [0, 0.05) is 19.8 Å². The number of hydrogen-bond acceptors (Lipinski definition) is 3. The standard InChI is InChI=1S/C16H17FN2O3S/c1-19(2)16(20)10-12-6-8-14(9-7-12)18-23(21,22)15-5-3-4-13(17)11-15/h3-9,11,18H,10H2,1-2H3. The number of halogens is 1. The summed E-state index contributed by atoms with van der Waals surface area (Å²) < 4.78 is 39.9. The minimum absolute atomic E-state index is 0.0434. The third kappa shape index (κ3) is 4.53. The van der Waals surface area contributed by atoms with Gasteiger partial charge in [-0.3, -0.25) is 9.52 Å². The van der Waals surface area contributed by atoms with Gasteiger partial charge in [-0.2, -0.15) is 0 Å². The second kappa shape index (κ2) is 6.78. The fraction of sp³-hybridized carbons (Fsp3) is 0.188. The minimum atomic E-state index is -3.85. The molecule has 0 saturated heterocycles. The van der Waals surface area contributed by atoms with Gasteiger partial charge in [-0.05, 0) is 35.9 Å². The number of nitrogens with zero attached hydrogens (tertiary/aromatic N) is 1. The Morgan fingerprint density at radius 1 is 1.13 bits per heavy atom. The third-order valence-corrected chi connectivity index (χ3v) is 4.55. The van der Waals surface area contributed by atoms with E-state index < -0.39 is 15.8 Å². The molecule has 122 valence electrons. The van der Waals surface area contributed by atoms with Crippen LogP contribution >= 0.6 is 0 Å². The highest BCUT2D eigenvalue weighted by molar-refractivity contribution is 7.92. The molecule has 23 heavy (non-hydrogen) atoms. The minimum Gasteiger partial charge on any atom is -0.349 e. The van der Waals surface area contributed by atoms with Crippen LogP contribution in [0.2, 0.25) is 0 Å². The highest BCUT2D eigenvalue weighted by atomic mass is 32.2. The van der Waals surface area contributed by atoms with Crippen molar-refractivity contribution in [1.82, 2.24) is 4.90 Å². The van der Waals surface area contributed by atoms with Gasteiger partial charge in [0.1, 0.15) is 5.82 Å². The van der Waals surface area contributed by atoms with E-state index in [2.05, 4.69) is 4.72 Å². The van der Waals surface area contributed by atoms with Crippen molar-refractivity contribution < 1.29 is 17.6 Å². The zero-order chi connectivity index (χ0) is 17.0. The summed E-state index contributed by atoms with van der Waals surface area (Å²) in [7, 11) is -0.509. The number of carbonyl (C=O) groups excluding carboxylic acids is 1. The summed E-state index contributed by atoms with van der Waals surface area (Å²) in [5.74, 6) is -0.663. The predicted octanol–water partition coefficient (Wildman–Crippen LogP) is 2.26. The van der Waals surface area contributed by atoms with Crippen LogP contribution in [0.3, 0.4) is 0 Å². The predicted molar refractivity (Wildman–Crippen MR) is 86.0 cm³/mol. The zero-order valence-electron chi connectivity index (χ0n) is 12.8. The molecule has 0 unspecified atom stereocenters. The molecule has 0 aliphatic carbocycles. The Morgan fingerprint density at radius 2 is 1.78 bits per heavy atom. The lowest BCUT2D eigenvalue weighted by Gasteiger charge is -2.11. The topological polar surface area (TPSA) is 66.5 Å². The fourth-order valence-electron chi connectivity index (χ4n) is 1.87. The summed E-state index contributed by atoms with van der Waals surface area (Å²) in [6, 6.07) is 11.2. The Morgan fingerprint density at radius 3 is 2.35 bits per heavy atom. The van der Waals surface area contributed by atoms with Crippen molar-refractivity contribution in [2.24, 2.45) is 0 Å². The molecule has 0 heterocycles. The van der Waals surface area contributed by atoms with Crippen molar-refractivity contribution >= 4 is 21.6 Å². The highest BCUT2D eigenvalue weighted by Gasteiger charge is 2.15. The van der Waals surface area contributed by atoms with Gasteiger partial charge in [0.05, 0.1) is 11.3 Å². The monoisotopic (exact) mass is 336 g/mol. The summed E-state index contributed by atoms with van der Waals surface area (Å²) in [6.07, 6.45) is 0.240. The van der Waals surface area contributed by atoms with Crippen molar-refractivity contribution in [3.63, 3.8) is 0 Å². The van der Waals surface area contributed by atoms with Crippen LogP contribution in [-0.4, -0.2) is 33.3 Å². The summed E-state index contributed by atoms with van der Waals surface area (Å²) in [4.78, 5) is 13.0. The lowest BCUT2D eigenvalue weighted by Crippen LogP contribution is -2.23. The van der Waals surface area contributed by atoms with Crippen molar-refractivity contribution in [1.29, 1.82) is 0 Å². The maximum Gasteiger partial charge on any atom is 0.261 e. The molecule has 0 bridgehead atoms. The van der Waals surface area contributed by atoms with Crippen LogP contribution in [0.25, 0.3) is 0 Å². The third-order valence-electron chi connectivity index (χ3n) is 3.17. The Balaban J connectivity index is 2.13. The van der Waals surface area contributed by atoms with E-state index in [1.54, 1.807) is 38.4 Å². The van der Waals surface area contributed by atoms with E-state index >= 15 is 0 Å². The molecule has 2 aromatic carbocycles. The van der Waals surface area contributed by atoms with Crippen LogP contribution in [0.5, 0.6) is 0 Å². The summed E-state index contributed by atoms with van der Waals surface area (Å²) in [6.45, 7) is 0. The quantitative estimate of drug-likeness (QED) is 0.911. The van der Waals surface area contributed by atoms with Crippen LogP contribution in [0.4, 0.5) is 10.1 Å². The van der Waals surface area contributed by atoms with Gasteiger partial charge in [0.2, 0.25) is 5.91 Å². The number of nitrogens with one attached hydrogen (secondary N) is 1. The molecule has 0 saturated carbocycles. The number of benzene rings is 2. The van der Waals surface area contributed by atoms with E-state index in [0.717, 1.165) is 11.6 Å². The summed E-state index contributed by atoms with van der Waals surface area (Å²) in [5, 5.41) is 0. The first-order chi connectivity index (χ1) is 10.8. The number of rotatable bonds is 5. The van der Waals surface area contributed by atoms with E-state index in [0.29, 0.717) is 5.69 Å². The summed E-state index contributed by atoms with van der Waals surface area (Å²) >= 11 is 0. The fourth-order valence-corrected chi connectivity index (χ4v) is 2.96. The lowest BCUT2D eigenvalue weighted by atomic mass is 10.1. The molecule has 5 nitrogen and oxygen atoms in total. The van der Waals surface area contributed by atoms with Crippen molar-refractivity contribution in [2.75, 3.05) is 18.8 Å². The molecule has 7 heteroatoms. The lowest BCUT2D eigenvalue weighted by molar-refractivity contribution is -0.127. The number of amides is 1. The van der Waals surface area contributed by atoms with E-state index in [4.69, 9.17) is 0 Å². The molecule has 0 spiro atoms. The van der Waals surface area contributed by atoms with Gasteiger partial charge in [0.15, 0.2) is 0 Å². The average molecular weight is 336 g/mol. The summed E-state index contributed by atoms with van der Waals surface area (Å²) in [5.41, 5.74) is 1.12. The van der Waals surface area contributed by atoms with Crippen LogP contribution in [0, 0.1) is 5.82 Å². The van der Waals surface area contributed by atoms with Gasteiger partial charge >= 0.3 is 0 Å². The first-order valence-electron chi connectivity index (χ1n) is 6.85. The Hall–Kier alpha value is -2.41. The Kier molecular flexibility index (Phi) is 5.00. The molecule has 1 amide bonds. The van der Waals surface area contributed by atoms with Crippen LogP contribution in [0.1, 0.15) is 5.56 Å². The van der Waals surface area contributed by atoms with E-state index in [1.165, 1.54) is 23.1 Å². The molecule has 0 radical (unpaired) electrons. The molecule has 0 atom stereocenters. The highest BCUT2D eigenvalue weighted by Crippen LogP contribution is 2.17. The smallest absolute Gasteiger partial charge is 0.261 e. The SMILES string of the molecule is CN(C)C(=O)Cc1ccc(NS(=O)(=O)c2cccc(F)c2)cc1. The molecule has 0 aromatic heterocycles. The first-order valence-corrected chi connectivity index (χ1v) is 8.34. The van der Waals surface area contributed by atoms with Gasteiger partial charge < -0.3 is 4.90 Å². The normalized spacial score (nSPS) is 11.1. The maximum absolute atomic E-state index is 13.1. The van der Waals surface area contributed by atoms with Crippen molar-refractivity contribution in [3.05, 3.63) is 59.9 Å². The van der Waals surface area contributed by atoms with Gasteiger partial charge in [-0.1, -0.05) is 18.2 Å². The number of carbonyl (C=O) groups is 1. The maximum atomic E-state index is 13.1. The number of sulfonamides is 1. The number of anilines is 1. The molecule has 0 aliphatic rings. The van der Waals surface area contributed by atoms with Gasteiger partial charge in [-0.15, -0.1) is 0 Å². The largest absolute Gasteiger partial charge is 0.349 e. The molecule has 0 fully saturated rings. The first kappa shape index (κ1) is 17.0. The van der Waals surface area contributed by atoms with E-state index in [-0.39, 0.29) is 17.2 Å². The molecule has 1 N–H and O–H groups in total. The Bertz CT molecular complexity index is 802. The van der Waals surface area contributed by atoms with Crippen LogP contribution < -0.4 is 4.72 Å². The Labute approximate surface area is 134 Å². The average Bonchev–Trinajstić information content (AvgIpc) is 2.49. The molecular weight excluding hydrogens is 319 g/mol. The van der Waals surface area contributed by atoms with Crippen LogP contribution in [0.15, 0.2) is 53.4 Å². The van der Waals surface area contributed by atoms with E-state index in [1.807, 2.05) is 0 Å². The second-order valence-corrected chi connectivity index (χ2v) is 6.91. The second-order valence-electron chi connectivity index (χ2n) is 5.22. The van der Waals surface area contributed by atoms with Crippen LogP contribution in [-0.2, 0) is 21.2 Å². The van der Waals surface area contributed by atoms with Crippen molar-refractivity contribution in [2.45, 2.75) is 11.3 Å². The number of hydrogen-bond donors (Lipinski definition) is 1. The molecule has 2 rings (SSSR count). The zero-order valence-corrected chi connectivity index (χ0v) is 13.6. The van der Waals surface area contributed by atoms with Gasteiger partial charge in [-0.25, -0.2) is 12.8 Å². The molecule has 2 aromatic rings. The van der Waals surface area contributed by atoms with E-state index in [9.17, 15) is 17.6 Å². The molecular formula is C16H17FN2O3S. The molecule has 0 aliphatic heterocycles. The number of likely N-dealkylation sites (N-methyl/N-ethyl adjacent to an activating group) is 1. The van der Waals surface area contributed by atoms with Gasteiger partial charge in [0.25, 0.3) is 10.0 Å².